The van der Waals surface area contributed by atoms with Crippen LogP contribution in [0.5, 0.6) is 0 Å². The number of nitrogens with one attached hydrogen (secondary N) is 2. The Morgan fingerprint density at radius 3 is 2.27 bits per heavy atom. The molecule has 2 aliphatic heterocycles. The number of benzene rings is 1. The fourth-order valence-corrected chi connectivity index (χ4v) is 4.57. The topological polar surface area (TPSA) is 64.7 Å². The molecule has 1 aromatic carbocycles. The van der Waals surface area contributed by atoms with Gasteiger partial charge < -0.3 is 20.4 Å². The van der Waals surface area contributed by atoms with E-state index in [0.717, 1.165) is 75.3 Å². The van der Waals surface area contributed by atoms with E-state index in [0.29, 0.717) is 6.54 Å². The molecule has 3 aliphatic rings. The molecular weight excluding hydrogens is 376 g/mol. The Bertz CT molecular complexity index is 733. The number of rotatable bonds is 7. The van der Waals surface area contributed by atoms with Crippen LogP contribution in [0.4, 0.5) is 11.4 Å². The van der Waals surface area contributed by atoms with Crippen LogP contribution in [-0.2, 0) is 4.79 Å². The summed E-state index contributed by atoms with van der Waals surface area (Å²) in [4.78, 5) is 30.0. The van der Waals surface area contributed by atoms with E-state index in [1.54, 1.807) is 0 Å². The summed E-state index contributed by atoms with van der Waals surface area (Å²) in [6.07, 6.45) is 10.6. The predicted octanol–water partition coefficient (Wildman–Crippen LogP) is 3.63. The Hall–Kier alpha value is -2.08. The average Bonchev–Trinajstić information content (AvgIpc) is 3.61. The minimum Gasteiger partial charge on any atom is -0.371 e. The number of likely N-dealkylation sites (tertiary alicyclic amines) is 1. The third-order valence-corrected chi connectivity index (χ3v) is 6.57. The molecule has 0 spiro atoms. The van der Waals surface area contributed by atoms with Gasteiger partial charge >= 0.3 is 0 Å². The minimum absolute atomic E-state index is 0.00803. The Labute approximate surface area is 180 Å². The second-order valence-electron chi connectivity index (χ2n) is 9.05. The molecule has 4 rings (SSSR count). The lowest BCUT2D eigenvalue weighted by Crippen LogP contribution is -2.38. The fourth-order valence-electron chi connectivity index (χ4n) is 4.57. The highest BCUT2D eigenvalue weighted by Crippen LogP contribution is 2.32. The van der Waals surface area contributed by atoms with Gasteiger partial charge in [0.2, 0.25) is 5.91 Å². The van der Waals surface area contributed by atoms with Crippen LogP contribution in [0.3, 0.4) is 0 Å². The lowest BCUT2D eigenvalue weighted by molar-refractivity contribution is -0.117. The molecule has 1 saturated carbocycles. The maximum Gasteiger partial charge on any atom is 0.253 e. The first-order valence-corrected chi connectivity index (χ1v) is 11.9. The van der Waals surface area contributed by atoms with Crippen LogP contribution >= 0.6 is 0 Å². The van der Waals surface area contributed by atoms with E-state index in [2.05, 4.69) is 20.4 Å². The first kappa shape index (κ1) is 21.2. The summed E-state index contributed by atoms with van der Waals surface area (Å²) in [5.74, 6) is 0.270. The summed E-state index contributed by atoms with van der Waals surface area (Å²) in [5.41, 5.74) is 2.48. The van der Waals surface area contributed by atoms with Crippen molar-refractivity contribution in [3.8, 4) is 0 Å². The zero-order chi connectivity index (χ0) is 20.8. The Morgan fingerprint density at radius 2 is 1.57 bits per heavy atom. The summed E-state index contributed by atoms with van der Waals surface area (Å²) in [7, 11) is 0. The van der Waals surface area contributed by atoms with Crippen LogP contribution in [0.1, 0.15) is 68.1 Å². The van der Waals surface area contributed by atoms with Crippen molar-refractivity contribution in [1.82, 2.24) is 10.2 Å². The van der Waals surface area contributed by atoms with E-state index >= 15 is 0 Å². The van der Waals surface area contributed by atoms with Crippen LogP contribution in [0.25, 0.3) is 0 Å². The van der Waals surface area contributed by atoms with E-state index < -0.39 is 0 Å². The zero-order valence-electron chi connectivity index (χ0n) is 18.1. The summed E-state index contributed by atoms with van der Waals surface area (Å²) in [6, 6.07) is 5.77. The first-order chi connectivity index (χ1) is 14.7. The minimum atomic E-state index is -0.00803. The number of piperidine rings is 1. The monoisotopic (exact) mass is 412 g/mol. The van der Waals surface area contributed by atoms with Crippen LogP contribution < -0.4 is 15.5 Å². The third kappa shape index (κ3) is 5.75. The van der Waals surface area contributed by atoms with Gasteiger partial charge in [-0.05, 0) is 69.8 Å². The highest BCUT2D eigenvalue weighted by Gasteiger charge is 2.30. The van der Waals surface area contributed by atoms with Gasteiger partial charge in [-0.25, -0.2) is 0 Å². The molecule has 6 nitrogen and oxygen atoms in total. The first-order valence-electron chi connectivity index (χ1n) is 11.9. The Kier molecular flexibility index (Phi) is 7.26. The van der Waals surface area contributed by atoms with E-state index in [1.807, 2.05) is 18.2 Å². The molecule has 0 radical (unpaired) electrons. The van der Waals surface area contributed by atoms with E-state index in [-0.39, 0.29) is 17.7 Å². The molecule has 0 unspecified atom stereocenters. The number of anilines is 2. The largest absolute Gasteiger partial charge is 0.371 e. The zero-order valence-corrected chi connectivity index (χ0v) is 18.1. The SMILES string of the molecule is O=C(NCCN1CCCCC1)c1ccc(NC(=O)C2CC2)cc1N1CCCCCC1. The molecule has 0 bridgehead atoms. The van der Waals surface area contributed by atoms with Crippen molar-refractivity contribution in [2.45, 2.75) is 57.8 Å². The molecule has 30 heavy (non-hydrogen) atoms. The number of nitrogens with zero attached hydrogens (tertiary/aromatic N) is 2. The molecule has 1 aromatic rings. The maximum atomic E-state index is 13.0. The second-order valence-corrected chi connectivity index (χ2v) is 9.05. The van der Waals surface area contributed by atoms with E-state index in [9.17, 15) is 9.59 Å². The van der Waals surface area contributed by atoms with Crippen molar-refractivity contribution < 1.29 is 9.59 Å². The van der Waals surface area contributed by atoms with Gasteiger partial charge in [-0.15, -0.1) is 0 Å². The van der Waals surface area contributed by atoms with Crippen LogP contribution in [0.15, 0.2) is 18.2 Å². The summed E-state index contributed by atoms with van der Waals surface area (Å²) in [5, 5.41) is 6.18. The van der Waals surface area contributed by atoms with Gasteiger partial charge in [0.25, 0.3) is 5.91 Å². The van der Waals surface area contributed by atoms with E-state index in [1.165, 1.54) is 32.1 Å². The molecule has 2 heterocycles. The number of hydrogen-bond acceptors (Lipinski definition) is 4. The smallest absolute Gasteiger partial charge is 0.253 e. The van der Waals surface area contributed by atoms with Gasteiger partial charge in [0.15, 0.2) is 0 Å². The number of carbonyl (C=O) groups excluding carboxylic acids is 2. The van der Waals surface area contributed by atoms with Gasteiger partial charge in [-0.2, -0.15) is 0 Å². The van der Waals surface area contributed by atoms with Crippen LogP contribution in [-0.4, -0.2) is 56.0 Å². The molecule has 2 N–H and O–H groups in total. The third-order valence-electron chi connectivity index (χ3n) is 6.57. The second kappa shape index (κ2) is 10.3. The lowest BCUT2D eigenvalue weighted by Gasteiger charge is -2.27. The Balaban J connectivity index is 1.44. The number of amides is 2. The highest BCUT2D eigenvalue weighted by atomic mass is 16.2. The Morgan fingerprint density at radius 1 is 0.900 bits per heavy atom. The van der Waals surface area contributed by atoms with Crippen molar-refractivity contribution >= 4 is 23.2 Å². The fraction of sp³-hybridized carbons (Fsp3) is 0.667. The summed E-state index contributed by atoms with van der Waals surface area (Å²) < 4.78 is 0. The summed E-state index contributed by atoms with van der Waals surface area (Å²) >= 11 is 0. The van der Waals surface area contributed by atoms with E-state index in [4.69, 9.17) is 0 Å². The van der Waals surface area contributed by atoms with Gasteiger partial charge in [0.05, 0.1) is 11.3 Å². The number of carbonyl (C=O) groups is 2. The number of hydrogen-bond donors (Lipinski definition) is 2. The molecule has 2 saturated heterocycles. The standard InChI is InChI=1S/C24H36N4O2/c29-23(19-8-9-19)26-20-10-11-21(22(18-20)28-15-6-1-2-7-16-28)24(30)25-12-17-27-13-4-3-5-14-27/h10-11,18-19H,1-9,12-17H2,(H,25,30)(H,26,29). The molecular formula is C24H36N4O2. The molecule has 0 atom stereocenters. The summed E-state index contributed by atoms with van der Waals surface area (Å²) in [6.45, 7) is 5.81. The van der Waals surface area contributed by atoms with Crippen molar-refractivity contribution in [3.05, 3.63) is 23.8 Å². The average molecular weight is 413 g/mol. The molecule has 0 aromatic heterocycles. The van der Waals surface area contributed by atoms with Crippen molar-refractivity contribution in [1.29, 1.82) is 0 Å². The molecule has 6 heteroatoms. The van der Waals surface area contributed by atoms with Crippen molar-refractivity contribution in [2.24, 2.45) is 5.92 Å². The normalized spacial score (nSPS) is 20.5. The van der Waals surface area contributed by atoms with Crippen LogP contribution in [0.2, 0.25) is 0 Å². The highest BCUT2D eigenvalue weighted by molar-refractivity contribution is 6.02. The maximum absolute atomic E-state index is 13.0. The molecule has 1 aliphatic carbocycles. The van der Waals surface area contributed by atoms with Gasteiger partial charge in [0, 0.05) is 37.8 Å². The van der Waals surface area contributed by atoms with Crippen LogP contribution in [0, 0.1) is 5.92 Å². The predicted molar refractivity (Wildman–Crippen MR) is 121 cm³/mol. The lowest BCUT2D eigenvalue weighted by atomic mass is 10.1. The molecule has 164 valence electrons. The van der Waals surface area contributed by atoms with Gasteiger partial charge in [-0.1, -0.05) is 19.3 Å². The quantitative estimate of drug-likeness (QED) is 0.718. The van der Waals surface area contributed by atoms with Gasteiger partial charge in [0.1, 0.15) is 0 Å². The van der Waals surface area contributed by atoms with Crippen molar-refractivity contribution in [3.63, 3.8) is 0 Å². The van der Waals surface area contributed by atoms with Gasteiger partial charge in [-0.3, -0.25) is 9.59 Å². The molecule has 3 fully saturated rings. The molecule has 2 amide bonds. The van der Waals surface area contributed by atoms with Crippen molar-refractivity contribution in [2.75, 3.05) is 49.5 Å².